The van der Waals surface area contributed by atoms with E-state index < -0.39 is 24.1 Å². The van der Waals surface area contributed by atoms with Crippen LogP contribution in [0.2, 0.25) is 0 Å². The van der Waals surface area contributed by atoms with E-state index in [1.807, 2.05) is 11.8 Å². The first-order valence-electron chi connectivity index (χ1n) is 10.5. The van der Waals surface area contributed by atoms with E-state index in [1.54, 1.807) is 17.2 Å². The molecule has 5 rings (SSSR count). The van der Waals surface area contributed by atoms with Gasteiger partial charge in [0, 0.05) is 47.6 Å². The first kappa shape index (κ1) is 25.0. The van der Waals surface area contributed by atoms with Crippen LogP contribution >= 0.6 is 23.1 Å². The SMILES string of the molecule is C[C@@H](O)[C@H]1C(=O)N2C(C(=O)[O-])=C(SC3CN(c4nc(C(=O)N5CC(O)C5)cs4)C3)[C@H](C)[C@H]12.[Na+]. The zero-order valence-corrected chi connectivity index (χ0v) is 22.1. The molecule has 0 bridgehead atoms. The predicted molar refractivity (Wildman–Crippen MR) is 115 cm³/mol. The van der Waals surface area contributed by atoms with Crippen molar-refractivity contribution in [2.75, 3.05) is 31.1 Å². The molecule has 0 saturated carbocycles. The van der Waals surface area contributed by atoms with Gasteiger partial charge in [0.1, 0.15) is 5.69 Å². The second kappa shape index (κ2) is 9.14. The summed E-state index contributed by atoms with van der Waals surface area (Å²) in [6.45, 7) is 5.39. The molecule has 172 valence electrons. The number of thioether (sulfide) groups is 1. The van der Waals surface area contributed by atoms with Gasteiger partial charge in [-0.15, -0.1) is 23.1 Å². The minimum Gasteiger partial charge on any atom is -0.543 e. The normalized spacial score (nSPS) is 28.1. The maximum Gasteiger partial charge on any atom is 1.00 e. The maximum absolute atomic E-state index is 12.4. The molecule has 4 aliphatic rings. The average molecular weight is 503 g/mol. The van der Waals surface area contributed by atoms with Gasteiger partial charge in [-0.3, -0.25) is 9.59 Å². The summed E-state index contributed by atoms with van der Waals surface area (Å²) in [6.07, 6.45) is -1.29. The van der Waals surface area contributed by atoms with Crippen molar-refractivity contribution in [2.45, 2.75) is 37.3 Å². The van der Waals surface area contributed by atoms with Crippen molar-refractivity contribution in [3.8, 4) is 0 Å². The summed E-state index contributed by atoms with van der Waals surface area (Å²) >= 11 is 2.83. The Kier molecular flexibility index (Phi) is 6.91. The van der Waals surface area contributed by atoms with Crippen molar-refractivity contribution >= 4 is 46.0 Å². The zero-order chi connectivity index (χ0) is 22.9. The number of thiazole rings is 1. The van der Waals surface area contributed by atoms with E-state index in [0.29, 0.717) is 36.8 Å². The van der Waals surface area contributed by atoms with E-state index in [2.05, 4.69) is 4.98 Å². The third kappa shape index (κ3) is 4.03. The van der Waals surface area contributed by atoms with Crippen LogP contribution in [0.5, 0.6) is 0 Å². The number of nitrogens with zero attached hydrogens (tertiary/aromatic N) is 4. The molecule has 0 aliphatic carbocycles. The molecule has 5 heterocycles. The van der Waals surface area contributed by atoms with Crippen LogP contribution in [0, 0.1) is 11.8 Å². The van der Waals surface area contributed by atoms with E-state index in [9.17, 15) is 29.7 Å². The smallest absolute Gasteiger partial charge is 0.543 e. The number of amides is 2. The zero-order valence-electron chi connectivity index (χ0n) is 18.5. The van der Waals surface area contributed by atoms with Gasteiger partial charge in [0.05, 0.1) is 35.8 Å². The number of aliphatic hydroxyl groups is 2. The van der Waals surface area contributed by atoms with Crippen molar-refractivity contribution in [3.05, 3.63) is 21.7 Å². The number of aromatic nitrogens is 1. The topological polar surface area (TPSA) is 137 Å². The molecule has 3 fully saturated rings. The molecule has 13 heteroatoms. The number of likely N-dealkylation sites (tertiary alicyclic amines) is 1. The van der Waals surface area contributed by atoms with Crippen molar-refractivity contribution in [3.63, 3.8) is 0 Å². The van der Waals surface area contributed by atoms with Gasteiger partial charge < -0.3 is 34.8 Å². The Hall–Kier alpha value is -1.15. The molecule has 33 heavy (non-hydrogen) atoms. The molecule has 2 amide bonds. The minimum atomic E-state index is -1.37. The Morgan fingerprint density at radius 3 is 2.55 bits per heavy atom. The fraction of sp³-hybridized carbons (Fsp3) is 0.600. The Bertz CT molecular complexity index is 1020. The van der Waals surface area contributed by atoms with Gasteiger partial charge in [0.25, 0.3) is 5.91 Å². The van der Waals surface area contributed by atoms with Gasteiger partial charge >= 0.3 is 29.6 Å². The number of anilines is 1. The number of rotatable bonds is 6. The van der Waals surface area contributed by atoms with Crippen molar-refractivity contribution in [2.24, 2.45) is 11.8 Å². The summed E-state index contributed by atoms with van der Waals surface area (Å²) in [5.74, 6) is -2.69. The number of β-amino-alcohol motifs (C(OH)–C–C–N with tert-alkyl or cyclic N) is 1. The van der Waals surface area contributed by atoms with Crippen molar-refractivity contribution in [1.29, 1.82) is 0 Å². The summed E-state index contributed by atoms with van der Waals surface area (Å²) in [4.78, 5) is 46.5. The Morgan fingerprint density at radius 2 is 1.97 bits per heavy atom. The third-order valence-electron chi connectivity index (χ3n) is 6.57. The molecule has 4 atom stereocenters. The van der Waals surface area contributed by atoms with Gasteiger partial charge in [-0.2, -0.15) is 0 Å². The van der Waals surface area contributed by atoms with E-state index in [4.69, 9.17) is 0 Å². The van der Waals surface area contributed by atoms with Crippen LogP contribution in [0.3, 0.4) is 0 Å². The molecule has 1 aromatic heterocycles. The molecule has 10 nitrogen and oxygen atoms in total. The second-order valence-electron chi connectivity index (χ2n) is 8.78. The molecule has 0 aromatic carbocycles. The fourth-order valence-corrected chi connectivity index (χ4v) is 7.14. The van der Waals surface area contributed by atoms with Gasteiger partial charge in [0.2, 0.25) is 5.91 Å². The van der Waals surface area contributed by atoms with E-state index in [1.165, 1.54) is 28.0 Å². The third-order valence-corrected chi connectivity index (χ3v) is 8.93. The van der Waals surface area contributed by atoms with Crippen LogP contribution in [0.15, 0.2) is 16.0 Å². The number of carboxylic acids is 1. The number of hydrogen-bond acceptors (Lipinski definition) is 10. The first-order valence-corrected chi connectivity index (χ1v) is 12.2. The molecule has 3 saturated heterocycles. The number of aliphatic carboxylic acids is 1. The predicted octanol–water partition coefficient (Wildman–Crippen LogP) is -4.30. The number of fused-ring (bicyclic) bond motifs is 1. The van der Waals surface area contributed by atoms with Crippen molar-refractivity contribution in [1.82, 2.24) is 14.8 Å². The standard InChI is InChI=1S/C20H24N4O6S2.Na/c1-8-14-13(9(2)25)18(28)24(14)15(19(29)30)16(8)32-11-5-23(6-11)20-21-12(7-31-20)17(27)22-3-10(26)4-22;/h7-11,13-14,25-26H,3-6H2,1-2H3,(H,29,30);/q;+1/p-1/t8-,9-,13-,14-;/m1./s1. The molecule has 1 aromatic rings. The molecule has 0 spiro atoms. The number of aliphatic hydroxyl groups excluding tert-OH is 2. The van der Waals surface area contributed by atoms with Crippen LogP contribution in [0.1, 0.15) is 24.3 Å². The molecule has 4 aliphatic heterocycles. The van der Waals surface area contributed by atoms with Gasteiger partial charge in [-0.1, -0.05) is 6.92 Å². The van der Waals surface area contributed by atoms with Crippen molar-refractivity contribution < 1.29 is 59.3 Å². The number of carbonyl (C=O) groups excluding carboxylic acids is 3. The summed E-state index contributed by atoms with van der Waals surface area (Å²) in [5.41, 5.74) is 0.304. The summed E-state index contributed by atoms with van der Waals surface area (Å²) in [7, 11) is 0. The van der Waals surface area contributed by atoms with Crippen LogP contribution in [-0.2, 0) is 9.59 Å². The van der Waals surface area contributed by atoms with Gasteiger partial charge in [-0.25, -0.2) is 4.98 Å². The monoisotopic (exact) mass is 502 g/mol. The van der Waals surface area contributed by atoms with Crippen LogP contribution in [0.25, 0.3) is 0 Å². The van der Waals surface area contributed by atoms with Crippen LogP contribution in [0.4, 0.5) is 5.13 Å². The second-order valence-corrected chi connectivity index (χ2v) is 11.0. The summed E-state index contributed by atoms with van der Waals surface area (Å²) in [6, 6.07) is -0.346. The average Bonchev–Trinajstić information content (AvgIpc) is 3.23. The summed E-state index contributed by atoms with van der Waals surface area (Å²) in [5, 5.41) is 33.7. The molecular weight excluding hydrogens is 479 g/mol. The Balaban J connectivity index is 0.00000259. The number of carbonyl (C=O) groups is 3. The van der Waals surface area contributed by atoms with E-state index in [-0.39, 0.29) is 64.3 Å². The van der Waals surface area contributed by atoms with Gasteiger partial charge in [-0.05, 0) is 6.92 Å². The first-order chi connectivity index (χ1) is 15.2. The number of hydrogen-bond donors (Lipinski definition) is 2. The fourth-order valence-electron chi connectivity index (χ4n) is 4.81. The Labute approximate surface area is 220 Å². The largest absolute Gasteiger partial charge is 1.00 e. The van der Waals surface area contributed by atoms with E-state index in [0.717, 1.165) is 5.13 Å². The molecule has 2 N–H and O–H groups in total. The number of carboxylic acid groups (broad SMARTS) is 1. The molecule has 0 radical (unpaired) electrons. The van der Waals surface area contributed by atoms with E-state index >= 15 is 0 Å². The maximum atomic E-state index is 12.4. The van der Waals surface area contributed by atoms with Crippen LogP contribution in [-0.4, -0.2) is 92.5 Å². The quantitative estimate of drug-likeness (QED) is 0.292. The summed E-state index contributed by atoms with van der Waals surface area (Å²) < 4.78 is 0. The molecular formula is C20H23N4NaO6S2. The van der Waals surface area contributed by atoms with Gasteiger partial charge in [0.15, 0.2) is 5.13 Å². The Morgan fingerprint density at radius 1 is 1.30 bits per heavy atom. The van der Waals surface area contributed by atoms with Crippen LogP contribution < -0.4 is 39.6 Å². The molecule has 0 unspecified atom stereocenters. The number of β-lactam (4-membered cyclic amide) rings is 1. The minimum absolute atomic E-state index is 0.